The Kier molecular flexibility index (Phi) is 4.72. The van der Waals surface area contributed by atoms with Crippen LogP contribution in [0.15, 0.2) is 12.1 Å². The SMILES string of the molecule is COC(=O)c1ccc(CNC2CCCC2SC)[nH]1. The summed E-state index contributed by atoms with van der Waals surface area (Å²) in [4.78, 5) is 14.4. The number of hydrogen-bond donors (Lipinski definition) is 2. The summed E-state index contributed by atoms with van der Waals surface area (Å²) in [6, 6.07) is 4.29. The number of nitrogens with one attached hydrogen (secondary N) is 2. The number of H-pyrrole nitrogens is 1. The van der Waals surface area contributed by atoms with Gasteiger partial charge < -0.3 is 15.0 Å². The van der Waals surface area contributed by atoms with E-state index in [0.29, 0.717) is 11.7 Å². The fourth-order valence-electron chi connectivity index (χ4n) is 2.46. The number of aromatic amines is 1. The second kappa shape index (κ2) is 6.29. The molecular formula is C13H20N2O2S. The molecule has 1 heterocycles. The number of carbonyl (C=O) groups excluding carboxylic acids is 1. The van der Waals surface area contributed by atoms with Crippen molar-refractivity contribution in [2.45, 2.75) is 37.1 Å². The number of esters is 1. The molecule has 1 aliphatic rings. The first-order valence-electron chi connectivity index (χ1n) is 6.27. The number of thioether (sulfide) groups is 1. The van der Waals surface area contributed by atoms with Crippen molar-refractivity contribution in [3.63, 3.8) is 0 Å². The van der Waals surface area contributed by atoms with Gasteiger partial charge in [0.2, 0.25) is 0 Å². The quantitative estimate of drug-likeness (QED) is 0.804. The van der Waals surface area contributed by atoms with Crippen LogP contribution in [-0.2, 0) is 11.3 Å². The van der Waals surface area contributed by atoms with Crippen LogP contribution in [0.4, 0.5) is 0 Å². The third-order valence-electron chi connectivity index (χ3n) is 3.46. The van der Waals surface area contributed by atoms with Gasteiger partial charge in [-0.2, -0.15) is 11.8 Å². The zero-order valence-electron chi connectivity index (χ0n) is 10.9. The van der Waals surface area contributed by atoms with Crippen LogP contribution >= 0.6 is 11.8 Å². The molecule has 0 radical (unpaired) electrons. The van der Waals surface area contributed by atoms with E-state index >= 15 is 0 Å². The minimum absolute atomic E-state index is 0.316. The molecule has 2 rings (SSSR count). The third kappa shape index (κ3) is 3.09. The van der Waals surface area contributed by atoms with E-state index < -0.39 is 0 Å². The van der Waals surface area contributed by atoms with Crippen molar-refractivity contribution in [2.75, 3.05) is 13.4 Å². The normalized spacial score (nSPS) is 23.2. The first-order valence-corrected chi connectivity index (χ1v) is 7.55. The average Bonchev–Trinajstić information content (AvgIpc) is 3.03. The van der Waals surface area contributed by atoms with Gasteiger partial charge in [-0.15, -0.1) is 0 Å². The molecule has 0 spiro atoms. The van der Waals surface area contributed by atoms with Crippen molar-refractivity contribution < 1.29 is 9.53 Å². The monoisotopic (exact) mass is 268 g/mol. The number of hydrogen-bond acceptors (Lipinski definition) is 4. The largest absolute Gasteiger partial charge is 0.464 e. The van der Waals surface area contributed by atoms with Gasteiger partial charge in [-0.3, -0.25) is 0 Å². The number of carbonyl (C=O) groups is 1. The molecule has 2 N–H and O–H groups in total. The van der Waals surface area contributed by atoms with Crippen molar-refractivity contribution in [1.29, 1.82) is 0 Å². The third-order valence-corrected chi connectivity index (χ3v) is 4.63. The second-order valence-corrected chi connectivity index (χ2v) is 5.66. The van der Waals surface area contributed by atoms with Gasteiger partial charge in [0, 0.05) is 23.5 Å². The molecule has 100 valence electrons. The Morgan fingerprint density at radius 3 is 3.11 bits per heavy atom. The van der Waals surface area contributed by atoms with E-state index in [9.17, 15) is 4.79 Å². The number of aromatic nitrogens is 1. The molecule has 0 aliphatic heterocycles. The first kappa shape index (κ1) is 13.5. The van der Waals surface area contributed by atoms with Gasteiger partial charge in [-0.1, -0.05) is 6.42 Å². The van der Waals surface area contributed by atoms with E-state index in [1.807, 2.05) is 17.8 Å². The molecule has 2 unspecified atom stereocenters. The summed E-state index contributed by atoms with van der Waals surface area (Å²) < 4.78 is 4.67. The molecule has 0 amide bonds. The maximum absolute atomic E-state index is 11.3. The van der Waals surface area contributed by atoms with Crippen molar-refractivity contribution in [1.82, 2.24) is 10.3 Å². The Morgan fingerprint density at radius 2 is 2.39 bits per heavy atom. The summed E-state index contributed by atoms with van der Waals surface area (Å²) in [5.74, 6) is -0.316. The molecule has 0 saturated heterocycles. The smallest absolute Gasteiger partial charge is 0.354 e. The van der Waals surface area contributed by atoms with Crippen LogP contribution in [0.5, 0.6) is 0 Å². The van der Waals surface area contributed by atoms with E-state index in [0.717, 1.165) is 17.5 Å². The molecule has 1 aliphatic carbocycles. The lowest BCUT2D eigenvalue weighted by Gasteiger charge is -2.18. The lowest BCUT2D eigenvalue weighted by atomic mass is 10.2. The fraction of sp³-hybridized carbons (Fsp3) is 0.615. The van der Waals surface area contributed by atoms with Gasteiger partial charge in [0.25, 0.3) is 0 Å². The van der Waals surface area contributed by atoms with Crippen molar-refractivity contribution >= 4 is 17.7 Å². The molecule has 2 atom stereocenters. The Morgan fingerprint density at radius 1 is 1.56 bits per heavy atom. The lowest BCUT2D eigenvalue weighted by molar-refractivity contribution is 0.0594. The summed E-state index contributed by atoms with van der Waals surface area (Å²) in [6.07, 6.45) is 6.03. The number of methoxy groups -OCH3 is 1. The topological polar surface area (TPSA) is 54.1 Å². The maximum atomic E-state index is 11.3. The Hall–Kier alpha value is -0.940. The van der Waals surface area contributed by atoms with Gasteiger partial charge in [0.05, 0.1) is 7.11 Å². The summed E-state index contributed by atoms with van der Waals surface area (Å²) >= 11 is 1.94. The molecule has 4 nitrogen and oxygen atoms in total. The minimum atomic E-state index is -0.316. The molecule has 18 heavy (non-hydrogen) atoms. The molecule has 1 saturated carbocycles. The van der Waals surface area contributed by atoms with Crippen LogP contribution in [0.2, 0.25) is 0 Å². The zero-order valence-corrected chi connectivity index (χ0v) is 11.7. The molecule has 0 bridgehead atoms. The summed E-state index contributed by atoms with van der Waals surface area (Å²) in [5, 5.41) is 4.29. The number of ether oxygens (including phenoxy) is 1. The van der Waals surface area contributed by atoms with E-state index in [2.05, 4.69) is 21.3 Å². The number of rotatable bonds is 5. The Balaban J connectivity index is 1.86. The van der Waals surface area contributed by atoms with Gasteiger partial charge in [-0.25, -0.2) is 4.79 Å². The average molecular weight is 268 g/mol. The predicted molar refractivity (Wildman–Crippen MR) is 73.9 cm³/mol. The summed E-state index contributed by atoms with van der Waals surface area (Å²) in [6.45, 7) is 0.777. The van der Waals surface area contributed by atoms with E-state index in [1.54, 1.807) is 6.07 Å². The molecular weight excluding hydrogens is 248 g/mol. The van der Waals surface area contributed by atoms with Crippen LogP contribution in [0.25, 0.3) is 0 Å². The lowest BCUT2D eigenvalue weighted by Crippen LogP contribution is -2.33. The predicted octanol–water partition coefficient (Wildman–Crippen LogP) is 2.17. The first-order chi connectivity index (χ1) is 8.74. The van der Waals surface area contributed by atoms with E-state index in [-0.39, 0.29) is 5.97 Å². The highest BCUT2D eigenvalue weighted by atomic mass is 32.2. The van der Waals surface area contributed by atoms with Crippen LogP contribution in [0.1, 0.15) is 35.4 Å². The zero-order chi connectivity index (χ0) is 13.0. The molecule has 0 aromatic carbocycles. The van der Waals surface area contributed by atoms with Crippen LogP contribution in [0.3, 0.4) is 0 Å². The summed E-state index contributed by atoms with van der Waals surface area (Å²) in [7, 11) is 1.39. The van der Waals surface area contributed by atoms with Gasteiger partial charge >= 0.3 is 5.97 Å². The van der Waals surface area contributed by atoms with Crippen LogP contribution < -0.4 is 5.32 Å². The highest BCUT2D eigenvalue weighted by molar-refractivity contribution is 7.99. The van der Waals surface area contributed by atoms with Gasteiger partial charge in [-0.05, 0) is 31.2 Å². The van der Waals surface area contributed by atoms with Crippen molar-refractivity contribution in [3.8, 4) is 0 Å². The van der Waals surface area contributed by atoms with E-state index in [4.69, 9.17) is 0 Å². The maximum Gasteiger partial charge on any atom is 0.354 e. The van der Waals surface area contributed by atoms with Crippen LogP contribution in [-0.4, -0.2) is 35.6 Å². The fourth-order valence-corrected chi connectivity index (χ4v) is 3.42. The standard InChI is InChI=1S/C13H20N2O2S/c1-17-13(16)11-7-6-9(15-11)8-14-10-4-3-5-12(10)18-2/h6-7,10,12,14-15H,3-5,8H2,1-2H3. The second-order valence-electron chi connectivity index (χ2n) is 4.58. The van der Waals surface area contributed by atoms with Crippen molar-refractivity contribution in [2.24, 2.45) is 0 Å². The Labute approximate surface area is 112 Å². The van der Waals surface area contributed by atoms with E-state index in [1.165, 1.54) is 26.4 Å². The van der Waals surface area contributed by atoms with Gasteiger partial charge in [0.1, 0.15) is 5.69 Å². The van der Waals surface area contributed by atoms with Crippen molar-refractivity contribution in [3.05, 3.63) is 23.5 Å². The molecule has 1 aromatic rings. The molecule has 1 fully saturated rings. The van der Waals surface area contributed by atoms with Crippen LogP contribution in [0, 0.1) is 0 Å². The minimum Gasteiger partial charge on any atom is -0.464 e. The summed E-state index contributed by atoms with van der Waals surface area (Å²) in [5.41, 5.74) is 1.55. The Bertz CT molecular complexity index is 405. The molecule has 1 aromatic heterocycles. The highest BCUT2D eigenvalue weighted by Crippen LogP contribution is 2.28. The molecule has 5 heteroatoms. The van der Waals surface area contributed by atoms with Gasteiger partial charge in [0.15, 0.2) is 0 Å². The highest BCUT2D eigenvalue weighted by Gasteiger charge is 2.25.